The maximum Gasteiger partial charge on any atom is 0.337 e. The third-order valence-electron chi connectivity index (χ3n) is 2.54. The summed E-state index contributed by atoms with van der Waals surface area (Å²) in [5.41, 5.74) is -0.930. The zero-order valence-corrected chi connectivity index (χ0v) is 9.90. The monoisotopic (exact) mass is 280 g/mol. The molecule has 0 bridgehead atoms. The van der Waals surface area contributed by atoms with E-state index >= 15 is 0 Å². The number of hydrogen-bond acceptors (Lipinski definition) is 7. The molecule has 1 aliphatic rings. The van der Waals surface area contributed by atoms with Gasteiger partial charge in [-0.3, -0.25) is 25.0 Å². The van der Waals surface area contributed by atoms with Gasteiger partial charge in [0, 0.05) is 12.3 Å². The van der Waals surface area contributed by atoms with Gasteiger partial charge in [-0.05, 0) is 0 Å². The average molecular weight is 280 g/mol. The molecule has 1 aromatic heterocycles. The van der Waals surface area contributed by atoms with Crippen LogP contribution in [0, 0.1) is 10.1 Å². The van der Waals surface area contributed by atoms with Crippen LogP contribution >= 0.6 is 0 Å². The van der Waals surface area contributed by atoms with Crippen LogP contribution in [-0.2, 0) is 9.59 Å². The number of carbonyl (C=O) groups excluding carboxylic acids is 2. The van der Waals surface area contributed by atoms with Gasteiger partial charge in [-0.15, -0.1) is 0 Å². The fraction of sp³-hybridized carbons (Fsp3) is 0.200. The van der Waals surface area contributed by atoms with Crippen LogP contribution in [0.2, 0.25) is 0 Å². The number of nitrogens with one attached hydrogen (secondary N) is 1. The Morgan fingerprint density at radius 3 is 2.50 bits per heavy atom. The number of carboxylic acids is 1. The van der Waals surface area contributed by atoms with Crippen molar-refractivity contribution in [2.45, 2.75) is 0 Å². The fourth-order valence-corrected chi connectivity index (χ4v) is 1.73. The second-order valence-corrected chi connectivity index (χ2v) is 3.96. The number of nitro groups is 1. The molecule has 0 atom stereocenters. The number of pyridine rings is 1. The minimum atomic E-state index is -1.36. The molecule has 2 rings (SSSR count). The van der Waals surface area contributed by atoms with E-state index in [-0.39, 0.29) is 24.5 Å². The number of aromatic nitrogens is 1. The van der Waals surface area contributed by atoms with E-state index in [1.54, 1.807) is 0 Å². The first-order valence-corrected chi connectivity index (χ1v) is 5.34. The molecule has 2 N–H and O–H groups in total. The van der Waals surface area contributed by atoms with Crippen LogP contribution in [0.3, 0.4) is 0 Å². The van der Waals surface area contributed by atoms with Crippen LogP contribution in [0.4, 0.5) is 11.5 Å². The van der Waals surface area contributed by atoms with Gasteiger partial charge in [-0.25, -0.2) is 9.78 Å². The lowest BCUT2D eigenvalue weighted by Gasteiger charge is -2.25. The van der Waals surface area contributed by atoms with Gasteiger partial charge in [0.1, 0.15) is 0 Å². The molecule has 0 unspecified atom stereocenters. The average Bonchev–Trinajstić information content (AvgIpc) is 2.36. The normalized spacial score (nSPS) is 14.9. The molecule has 0 spiro atoms. The molecular formula is C10H8N4O6. The molecule has 20 heavy (non-hydrogen) atoms. The molecule has 2 amide bonds. The predicted molar refractivity (Wildman–Crippen MR) is 63.2 cm³/mol. The molecule has 0 saturated carbocycles. The lowest BCUT2D eigenvalue weighted by molar-refractivity contribution is -0.384. The number of nitrogens with zero attached hydrogens (tertiary/aromatic N) is 3. The Kier molecular flexibility index (Phi) is 3.29. The van der Waals surface area contributed by atoms with Crippen molar-refractivity contribution >= 4 is 29.3 Å². The van der Waals surface area contributed by atoms with Crippen molar-refractivity contribution in [3.05, 3.63) is 27.9 Å². The molecule has 0 aliphatic carbocycles. The van der Waals surface area contributed by atoms with Gasteiger partial charge in [0.15, 0.2) is 0 Å². The summed E-state index contributed by atoms with van der Waals surface area (Å²) in [5.74, 6) is -2.80. The summed E-state index contributed by atoms with van der Waals surface area (Å²) in [6.07, 6.45) is 0.932. The Balaban J connectivity index is 2.45. The molecule has 2 heterocycles. The van der Waals surface area contributed by atoms with Crippen LogP contribution in [0.15, 0.2) is 12.3 Å². The molecule has 10 nitrogen and oxygen atoms in total. The SMILES string of the molecule is O=C1CN(c2ncc(C(=O)O)cc2[N+](=O)[O-])CC(=O)N1. The Labute approximate surface area is 111 Å². The Hall–Kier alpha value is -3.04. The predicted octanol–water partition coefficient (Wildman–Crippen LogP) is -0.849. The maximum absolute atomic E-state index is 11.2. The number of carboxylic acid groups (broad SMARTS) is 1. The smallest absolute Gasteiger partial charge is 0.337 e. The molecule has 0 aromatic carbocycles. The minimum absolute atomic E-state index is 0.219. The van der Waals surface area contributed by atoms with Gasteiger partial charge in [-0.1, -0.05) is 0 Å². The molecule has 0 radical (unpaired) electrons. The van der Waals surface area contributed by atoms with Crippen LogP contribution in [0.25, 0.3) is 0 Å². The fourth-order valence-electron chi connectivity index (χ4n) is 1.73. The third-order valence-corrected chi connectivity index (χ3v) is 2.54. The number of carbonyl (C=O) groups is 3. The van der Waals surface area contributed by atoms with E-state index in [1.165, 1.54) is 0 Å². The maximum atomic E-state index is 11.2. The van der Waals surface area contributed by atoms with E-state index < -0.39 is 28.4 Å². The largest absolute Gasteiger partial charge is 0.478 e. The first-order chi connectivity index (χ1) is 9.38. The Bertz CT molecular complexity index is 612. The highest BCUT2D eigenvalue weighted by molar-refractivity contribution is 6.03. The number of hydrogen-bond donors (Lipinski definition) is 2. The van der Waals surface area contributed by atoms with Gasteiger partial charge in [0.05, 0.1) is 23.6 Å². The van der Waals surface area contributed by atoms with Gasteiger partial charge < -0.3 is 10.0 Å². The van der Waals surface area contributed by atoms with Crippen LogP contribution in [-0.4, -0.2) is 45.9 Å². The summed E-state index contributed by atoms with van der Waals surface area (Å²) in [5, 5.41) is 21.8. The van der Waals surface area contributed by atoms with E-state index in [0.717, 1.165) is 17.2 Å². The second kappa shape index (κ2) is 4.91. The van der Waals surface area contributed by atoms with Gasteiger partial charge in [-0.2, -0.15) is 0 Å². The molecule has 104 valence electrons. The Morgan fingerprint density at radius 2 is 2.00 bits per heavy atom. The number of rotatable bonds is 3. The van der Waals surface area contributed by atoms with E-state index in [4.69, 9.17) is 5.11 Å². The van der Waals surface area contributed by atoms with E-state index in [0.29, 0.717) is 0 Å². The highest BCUT2D eigenvalue weighted by atomic mass is 16.6. The van der Waals surface area contributed by atoms with Gasteiger partial charge in [0.25, 0.3) is 0 Å². The minimum Gasteiger partial charge on any atom is -0.478 e. The van der Waals surface area contributed by atoms with Crippen molar-refractivity contribution in [3.63, 3.8) is 0 Å². The van der Waals surface area contributed by atoms with E-state index in [2.05, 4.69) is 4.98 Å². The number of aromatic carboxylic acids is 1. The number of amides is 2. The van der Waals surface area contributed by atoms with E-state index in [9.17, 15) is 24.5 Å². The zero-order valence-electron chi connectivity index (χ0n) is 9.90. The quantitative estimate of drug-likeness (QED) is 0.414. The molecule has 10 heteroatoms. The highest BCUT2D eigenvalue weighted by Gasteiger charge is 2.29. The Morgan fingerprint density at radius 1 is 1.40 bits per heavy atom. The first kappa shape index (κ1) is 13.4. The standard InChI is InChI=1S/C10H8N4O6/c15-7-3-13(4-8(16)12-7)9-6(14(19)20)1-5(2-11-9)10(17)18/h1-2H,3-4H2,(H,17,18)(H,12,15,16). The summed E-state index contributed by atoms with van der Waals surface area (Å²) >= 11 is 0. The molecule has 1 aromatic rings. The van der Waals surface area contributed by atoms with Crippen LogP contribution in [0.1, 0.15) is 10.4 Å². The number of piperazine rings is 1. The highest BCUT2D eigenvalue weighted by Crippen LogP contribution is 2.26. The number of anilines is 1. The van der Waals surface area contributed by atoms with E-state index in [1.807, 2.05) is 5.32 Å². The molecule has 1 fully saturated rings. The van der Waals surface area contributed by atoms with Crippen molar-refractivity contribution in [2.24, 2.45) is 0 Å². The lowest BCUT2D eigenvalue weighted by atomic mass is 10.2. The third kappa shape index (κ3) is 2.53. The van der Waals surface area contributed by atoms with Crippen LogP contribution < -0.4 is 10.2 Å². The van der Waals surface area contributed by atoms with Gasteiger partial charge in [0.2, 0.25) is 17.6 Å². The lowest BCUT2D eigenvalue weighted by Crippen LogP contribution is -2.51. The molecule has 1 aliphatic heterocycles. The second-order valence-electron chi connectivity index (χ2n) is 3.96. The van der Waals surface area contributed by atoms with Crippen molar-refractivity contribution in [1.29, 1.82) is 0 Å². The zero-order chi connectivity index (χ0) is 14.9. The summed E-state index contributed by atoms with van der Waals surface area (Å²) in [4.78, 5) is 48.2. The van der Waals surface area contributed by atoms with Gasteiger partial charge >= 0.3 is 11.7 Å². The van der Waals surface area contributed by atoms with Crippen molar-refractivity contribution in [1.82, 2.24) is 10.3 Å². The first-order valence-electron chi connectivity index (χ1n) is 5.34. The van der Waals surface area contributed by atoms with Crippen molar-refractivity contribution in [3.8, 4) is 0 Å². The van der Waals surface area contributed by atoms with Crippen LogP contribution in [0.5, 0.6) is 0 Å². The summed E-state index contributed by atoms with van der Waals surface area (Å²) in [6, 6.07) is 0.835. The topological polar surface area (TPSA) is 143 Å². The number of imide groups is 1. The molecular weight excluding hydrogens is 272 g/mol. The summed E-state index contributed by atoms with van der Waals surface area (Å²) in [7, 11) is 0. The van der Waals surface area contributed by atoms with Crippen molar-refractivity contribution < 1.29 is 24.4 Å². The summed E-state index contributed by atoms with van der Waals surface area (Å²) < 4.78 is 0. The van der Waals surface area contributed by atoms with Crippen molar-refractivity contribution in [2.75, 3.05) is 18.0 Å². The summed E-state index contributed by atoms with van der Waals surface area (Å²) in [6.45, 7) is -0.544. The molecule has 1 saturated heterocycles.